The summed E-state index contributed by atoms with van der Waals surface area (Å²) < 4.78 is 0. The fourth-order valence-electron chi connectivity index (χ4n) is 3.77. The van der Waals surface area contributed by atoms with E-state index < -0.39 is 0 Å². The second kappa shape index (κ2) is 4.34. The first kappa shape index (κ1) is 12.2. The van der Waals surface area contributed by atoms with Crippen LogP contribution in [0.2, 0.25) is 0 Å². The molecule has 4 N–H and O–H groups in total. The third kappa shape index (κ3) is 2.07. The monoisotopic (exact) mass is 245 g/mol. The highest BCUT2D eigenvalue weighted by Crippen LogP contribution is 2.44. The molecular weight excluding hydrogens is 222 g/mol. The van der Waals surface area contributed by atoms with Gasteiger partial charge in [0.1, 0.15) is 0 Å². The second-order valence-electron chi connectivity index (χ2n) is 6.60. The largest absolute Gasteiger partial charge is 0.327 e. The molecule has 0 bridgehead atoms. The van der Waals surface area contributed by atoms with E-state index >= 15 is 0 Å². The van der Waals surface area contributed by atoms with Crippen LogP contribution in [0.1, 0.15) is 38.3 Å². The molecule has 4 atom stereocenters. The van der Waals surface area contributed by atoms with E-state index in [1.54, 1.807) is 0 Å². The van der Waals surface area contributed by atoms with Gasteiger partial charge in [-0.15, -0.1) is 0 Å². The van der Waals surface area contributed by atoms with Crippen molar-refractivity contribution in [3.8, 4) is 0 Å². The van der Waals surface area contributed by atoms with Crippen LogP contribution in [-0.2, 0) is 0 Å². The van der Waals surface area contributed by atoms with Crippen molar-refractivity contribution in [2.45, 2.75) is 44.8 Å². The van der Waals surface area contributed by atoms with E-state index in [1.807, 2.05) is 0 Å². The van der Waals surface area contributed by atoms with Crippen LogP contribution in [0.25, 0.3) is 0 Å². The molecular formula is C15H23N3. The summed E-state index contributed by atoms with van der Waals surface area (Å²) in [7, 11) is 0. The molecule has 1 aliphatic heterocycles. The van der Waals surface area contributed by atoms with Gasteiger partial charge < -0.3 is 5.73 Å². The quantitative estimate of drug-likeness (QED) is 0.709. The first-order chi connectivity index (χ1) is 8.57. The molecule has 1 saturated heterocycles. The highest BCUT2D eigenvalue weighted by molar-refractivity contribution is 5.23. The van der Waals surface area contributed by atoms with Crippen molar-refractivity contribution in [2.75, 3.05) is 0 Å². The summed E-state index contributed by atoms with van der Waals surface area (Å²) >= 11 is 0. The van der Waals surface area contributed by atoms with Crippen LogP contribution in [0.15, 0.2) is 30.3 Å². The molecule has 0 aromatic heterocycles. The number of hydrogen-bond acceptors (Lipinski definition) is 3. The predicted octanol–water partition coefficient (Wildman–Crippen LogP) is 1.97. The van der Waals surface area contributed by atoms with Crippen LogP contribution < -0.4 is 16.6 Å². The van der Waals surface area contributed by atoms with E-state index in [1.165, 1.54) is 12.0 Å². The summed E-state index contributed by atoms with van der Waals surface area (Å²) in [6.07, 6.45) is 2.31. The average molecular weight is 245 g/mol. The number of rotatable bonds is 1. The Hall–Kier alpha value is -0.900. The lowest BCUT2D eigenvalue weighted by Crippen LogP contribution is -2.49. The molecule has 3 heteroatoms. The zero-order chi connectivity index (χ0) is 12.8. The van der Waals surface area contributed by atoms with Gasteiger partial charge in [-0.1, -0.05) is 44.2 Å². The minimum absolute atomic E-state index is 0.270. The minimum Gasteiger partial charge on any atom is -0.327 e. The number of nitrogens with one attached hydrogen (secondary N) is 2. The summed E-state index contributed by atoms with van der Waals surface area (Å²) in [6, 6.07) is 11.8. The van der Waals surface area contributed by atoms with Crippen LogP contribution in [0.4, 0.5) is 0 Å². The van der Waals surface area contributed by atoms with Crippen LogP contribution in [0, 0.1) is 11.3 Å². The molecule has 1 aromatic rings. The maximum Gasteiger partial charge on any atom is 0.0520 e. The molecule has 0 amide bonds. The van der Waals surface area contributed by atoms with Crippen LogP contribution in [0.3, 0.4) is 0 Å². The van der Waals surface area contributed by atoms with Crippen molar-refractivity contribution >= 4 is 0 Å². The Bertz CT molecular complexity index is 415. The Labute approximate surface area is 109 Å². The van der Waals surface area contributed by atoms with Crippen molar-refractivity contribution in [1.29, 1.82) is 0 Å². The summed E-state index contributed by atoms with van der Waals surface area (Å²) in [6.45, 7) is 4.64. The Morgan fingerprint density at radius 3 is 2.56 bits per heavy atom. The lowest BCUT2D eigenvalue weighted by atomic mass is 9.66. The molecule has 1 aromatic carbocycles. The minimum atomic E-state index is 0.270. The maximum atomic E-state index is 6.44. The third-order valence-electron chi connectivity index (χ3n) is 4.49. The number of hydrazine groups is 1. The van der Waals surface area contributed by atoms with Crippen molar-refractivity contribution < 1.29 is 0 Å². The van der Waals surface area contributed by atoms with Gasteiger partial charge in [-0.2, -0.15) is 0 Å². The molecule has 3 nitrogen and oxygen atoms in total. The normalized spacial score (nSPS) is 38.4. The molecule has 1 saturated carbocycles. The fourth-order valence-corrected chi connectivity index (χ4v) is 3.77. The molecule has 4 unspecified atom stereocenters. The first-order valence-corrected chi connectivity index (χ1v) is 6.88. The van der Waals surface area contributed by atoms with E-state index in [-0.39, 0.29) is 6.04 Å². The molecule has 1 aliphatic carbocycles. The molecule has 3 rings (SSSR count). The lowest BCUT2D eigenvalue weighted by Gasteiger charge is -2.42. The van der Waals surface area contributed by atoms with E-state index in [2.05, 4.69) is 55.0 Å². The van der Waals surface area contributed by atoms with Crippen LogP contribution in [0.5, 0.6) is 0 Å². The number of nitrogens with two attached hydrogens (primary N) is 1. The maximum absolute atomic E-state index is 6.44. The van der Waals surface area contributed by atoms with Gasteiger partial charge in [0.15, 0.2) is 0 Å². The summed E-state index contributed by atoms with van der Waals surface area (Å²) in [5.41, 5.74) is 15.0. The van der Waals surface area contributed by atoms with Crippen LogP contribution in [-0.4, -0.2) is 12.1 Å². The molecule has 2 aliphatic rings. The number of hydrogen-bond donors (Lipinski definition) is 3. The second-order valence-corrected chi connectivity index (χ2v) is 6.60. The zero-order valence-corrected chi connectivity index (χ0v) is 11.2. The lowest BCUT2D eigenvalue weighted by molar-refractivity contribution is 0.139. The average Bonchev–Trinajstić information content (AvgIpc) is 2.72. The Balaban J connectivity index is 1.85. The first-order valence-electron chi connectivity index (χ1n) is 6.88. The van der Waals surface area contributed by atoms with E-state index in [0.29, 0.717) is 23.4 Å². The smallest absolute Gasteiger partial charge is 0.0520 e. The summed E-state index contributed by atoms with van der Waals surface area (Å²) in [5.74, 6) is 0.500. The third-order valence-corrected chi connectivity index (χ3v) is 4.49. The molecule has 0 spiro atoms. The molecule has 18 heavy (non-hydrogen) atoms. The van der Waals surface area contributed by atoms with Gasteiger partial charge >= 0.3 is 0 Å². The van der Waals surface area contributed by atoms with E-state index in [4.69, 9.17) is 5.73 Å². The van der Waals surface area contributed by atoms with Crippen molar-refractivity contribution in [1.82, 2.24) is 10.9 Å². The molecule has 0 radical (unpaired) electrons. The van der Waals surface area contributed by atoms with Crippen molar-refractivity contribution in [3.05, 3.63) is 35.9 Å². The fraction of sp³-hybridized carbons (Fsp3) is 0.600. The number of fused-ring (bicyclic) bond motifs is 1. The molecule has 98 valence electrons. The number of benzene rings is 1. The SMILES string of the molecule is CC1(C)CC(N)C2C(C1)NNC2c1ccccc1. The van der Waals surface area contributed by atoms with Gasteiger partial charge in [0.25, 0.3) is 0 Å². The highest BCUT2D eigenvalue weighted by Gasteiger charge is 2.47. The van der Waals surface area contributed by atoms with Gasteiger partial charge in [0, 0.05) is 18.0 Å². The van der Waals surface area contributed by atoms with E-state index in [9.17, 15) is 0 Å². The van der Waals surface area contributed by atoms with Crippen molar-refractivity contribution in [2.24, 2.45) is 17.1 Å². The van der Waals surface area contributed by atoms with Gasteiger partial charge in [0.05, 0.1) is 6.04 Å². The van der Waals surface area contributed by atoms with Gasteiger partial charge in [0.2, 0.25) is 0 Å². The van der Waals surface area contributed by atoms with Gasteiger partial charge in [-0.05, 0) is 23.8 Å². The standard InChI is InChI=1S/C15H23N3/c1-15(2)8-11(16)13-12(9-15)17-18-14(13)10-6-4-3-5-7-10/h3-7,11-14,17-18H,8-9,16H2,1-2H3. The Morgan fingerprint density at radius 2 is 1.83 bits per heavy atom. The molecule has 1 heterocycles. The Kier molecular flexibility index (Phi) is 2.93. The van der Waals surface area contributed by atoms with Crippen LogP contribution >= 0.6 is 0 Å². The van der Waals surface area contributed by atoms with Gasteiger partial charge in [-0.3, -0.25) is 5.43 Å². The highest BCUT2D eigenvalue weighted by atomic mass is 15.4. The zero-order valence-electron chi connectivity index (χ0n) is 11.2. The summed E-state index contributed by atoms with van der Waals surface area (Å²) in [5, 5.41) is 0. The topological polar surface area (TPSA) is 50.1 Å². The Morgan fingerprint density at radius 1 is 1.11 bits per heavy atom. The summed E-state index contributed by atoms with van der Waals surface area (Å²) in [4.78, 5) is 0. The molecule has 2 fully saturated rings. The van der Waals surface area contributed by atoms with Gasteiger partial charge in [-0.25, -0.2) is 5.43 Å². The van der Waals surface area contributed by atoms with Crippen molar-refractivity contribution in [3.63, 3.8) is 0 Å². The predicted molar refractivity (Wildman–Crippen MR) is 73.7 cm³/mol. The van der Waals surface area contributed by atoms with E-state index in [0.717, 1.165) is 6.42 Å².